The summed E-state index contributed by atoms with van der Waals surface area (Å²) in [6, 6.07) is 10.7. The molecule has 0 spiro atoms. The molecule has 0 aliphatic heterocycles. The third-order valence-corrected chi connectivity index (χ3v) is 6.99. The number of thiazole rings is 2. The summed E-state index contributed by atoms with van der Waals surface area (Å²) < 4.78 is 27.1. The normalized spacial score (nSPS) is 11.3. The smallest absolute Gasteiger partial charge is 0.265 e. The van der Waals surface area contributed by atoms with Gasteiger partial charge >= 0.3 is 0 Å². The van der Waals surface area contributed by atoms with Crippen LogP contribution in [0.4, 0.5) is 16.1 Å². The van der Waals surface area contributed by atoms with Gasteiger partial charge in [0.25, 0.3) is 10.0 Å². The van der Waals surface area contributed by atoms with Crippen molar-refractivity contribution in [3.8, 4) is 0 Å². The van der Waals surface area contributed by atoms with Gasteiger partial charge in [0.1, 0.15) is 10.7 Å². The second-order valence-electron chi connectivity index (χ2n) is 5.89. The Balaban J connectivity index is 1.41. The highest BCUT2D eigenvalue weighted by molar-refractivity contribution is 7.93. The van der Waals surface area contributed by atoms with E-state index in [1.807, 2.05) is 29.6 Å². The van der Waals surface area contributed by atoms with E-state index >= 15 is 0 Å². The number of benzene rings is 1. The van der Waals surface area contributed by atoms with Crippen LogP contribution >= 0.6 is 34.3 Å². The van der Waals surface area contributed by atoms with Crippen molar-refractivity contribution in [2.75, 3.05) is 10.0 Å². The molecule has 3 heterocycles. The standard InChI is InChI=1S/C18H14ClN5O2S3/c19-13-3-1-12(2-4-13)9-14-11-28-18(22-14)23-16-6-5-15(10-21-16)29(25,26)24-17-20-7-8-27-17/h1-8,10-11H,9H2,(H,20,24)(H,21,22,23). The van der Waals surface area contributed by atoms with Gasteiger partial charge in [-0.25, -0.2) is 23.4 Å². The summed E-state index contributed by atoms with van der Waals surface area (Å²) in [4.78, 5) is 12.7. The summed E-state index contributed by atoms with van der Waals surface area (Å²) in [5.41, 5.74) is 2.04. The number of hydrogen-bond acceptors (Lipinski definition) is 8. The molecule has 0 amide bonds. The molecular formula is C18H14ClN5O2S3. The molecular weight excluding hydrogens is 450 g/mol. The lowest BCUT2D eigenvalue weighted by Gasteiger charge is -2.06. The Morgan fingerprint density at radius 3 is 2.52 bits per heavy atom. The highest BCUT2D eigenvalue weighted by Crippen LogP contribution is 2.23. The number of sulfonamides is 1. The van der Waals surface area contributed by atoms with E-state index in [9.17, 15) is 8.42 Å². The molecule has 0 unspecified atom stereocenters. The Labute approximate surface area is 180 Å². The number of nitrogens with one attached hydrogen (secondary N) is 2. The number of halogens is 1. The highest BCUT2D eigenvalue weighted by atomic mass is 35.5. The highest BCUT2D eigenvalue weighted by Gasteiger charge is 2.16. The van der Waals surface area contributed by atoms with E-state index in [0.29, 0.717) is 27.5 Å². The molecule has 0 aliphatic carbocycles. The summed E-state index contributed by atoms with van der Waals surface area (Å²) >= 11 is 8.57. The molecule has 2 N–H and O–H groups in total. The Hall–Kier alpha value is -2.53. The topological polar surface area (TPSA) is 96.9 Å². The first-order chi connectivity index (χ1) is 14.0. The summed E-state index contributed by atoms with van der Waals surface area (Å²) in [5, 5.41) is 8.44. The van der Waals surface area contributed by atoms with Gasteiger partial charge < -0.3 is 5.32 Å². The molecule has 4 aromatic rings. The van der Waals surface area contributed by atoms with Gasteiger partial charge in [-0.3, -0.25) is 4.72 Å². The molecule has 0 atom stereocenters. The predicted molar refractivity (Wildman–Crippen MR) is 117 cm³/mol. The summed E-state index contributed by atoms with van der Waals surface area (Å²) in [6.45, 7) is 0. The summed E-state index contributed by atoms with van der Waals surface area (Å²) in [6.07, 6.45) is 3.52. The van der Waals surface area contributed by atoms with E-state index in [1.165, 1.54) is 41.1 Å². The van der Waals surface area contributed by atoms with Crippen LogP contribution in [-0.2, 0) is 16.4 Å². The van der Waals surface area contributed by atoms with Crippen LogP contribution in [0.25, 0.3) is 0 Å². The fourth-order valence-electron chi connectivity index (χ4n) is 2.43. The minimum atomic E-state index is -3.72. The maximum Gasteiger partial charge on any atom is 0.265 e. The van der Waals surface area contributed by atoms with E-state index in [-0.39, 0.29) is 4.90 Å². The van der Waals surface area contributed by atoms with Crippen LogP contribution in [0.1, 0.15) is 11.3 Å². The third-order valence-electron chi connectivity index (χ3n) is 3.79. The van der Waals surface area contributed by atoms with Gasteiger partial charge in [0.15, 0.2) is 10.3 Å². The van der Waals surface area contributed by atoms with E-state index in [4.69, 9.17) is 11.6 Å². The van der Waals surface area contributed by atoms with Crippen LogP contribution in [-0.4, -0.2) is 23.4 Å². The van der Waals surface area contributed by atoms with Gasteiger partial charge in [-0.2, -0.15) is 0 Å². The first-order valence-electron chi connectivity index (χ1n) is 8.32. The first kappa shape index (κ1) is 19.8. The summed E-state index contributed by atoms with van der Waals surface area (Å²) in [7, 11) is -3.72. The van der Waals surface area contributed by atoms with E-state index in [1.54, 1.807) is 11.4 Å². The van der Waals surface area contributed by atoms with Gasteiger partial charge in [0, 0.05) is 34.6 Å². The van der Waals surface area contributed by atoms with Crippen LogP contribution in [0, 0.1) is 0 Å². The van der Waals surface area contributed by atoms with Crippen LogP contribution in [0.2, 0.25) is 5.02 Å². The van der Waals surface area contributed by atoms with Crippen LogP contribution in [0.3, 0.4) is 0 Å². The fourth-order valence-corrected chi connectivity index (χ4v) is 5.00. The maximum absolute atomic E-state index is 12.3. The van der Waals surface area contributed by atoms with Gasteiger partial charge in [-0.15, -0.1) is 22.7 Å². The predicted octanol–water partition coefficient (Wildman–Crippen LogP) is 4.78. The molecule has 0 saturated heterocycles. The molecule has 11 heteroatoms. The van der Waals surface area contributed by atoms with Crippen LogP contribution in [0.15, 0.2) is 64.4 Å². The van der Waals surface area contributed by atoms with Gasteiger partial charge in [-0.1, -0.05) is 23.7 Å². The van der Waals surface area contributed by atoms with Crippen molar-refractivity contribution < 1.29 is 8.42 Å². The van der Waals surface area contributed by atoms with Gasteiger partial charge in [0.2, 0.25) is 0 Å². The molecule has 7 nitrogen and oxygen atoms in total. The summed E-state index contributed by atoms with van der Waals surface area (Å²) in [5.74, 6) is 0.505. The van der Waals surface area contributed by atoms with E-state index in [0.717, 1.165) is 11.3 Å². The maximum atomic E-state index is 12.3. The average molecular weight is 464 g/mol. The minimum Gasteiger partial charge on any atom is -0.316 e. The van der Waals surface area contributed by atoms with Crippen molar-refractivity contribution >= 4 is 60.4 Å². The lowest BCUT2D eigenvalue weighted by Crippen LogP contribution is -2.13. The number of aromatic nitrogens is 3. The Kier molecular flexibility index (Phi) is 5.76. The Bertz CT molecular complexity index is 1190. The monoisotopic (exact) mass is 463 g/mol. The van der Waals surface area contributed by atoms with Gasteiger partial charge in [0.05, 0.1) is 5.69 Å². The number of rotatable bonds is 7. The van der Waals surface area contributed by atoms with E-state index < -0.39 is 10.0 Å². The minimum absolute atomic E-state index is 0.0563. The number of pyridine rings is 1. The SMILES string of the molecule is O=S(=O)(Nc1nccs1)c1ccc(Nc2nc(Cc3ccc(Cl)cc3)cs2)nc1. The molecule has 0 aliphatic rings. The van der Waals surface area contributed by atoms with Gasteiger partial charge in [-0.05, 0) is 29.8 Å². The molecule has 4 rings (SSSR count). The molecule has 0 fully saturated rings. The van der Waals surface area contributed by atoms with Crippen LogP contribution in [0.5, 0.6) is 0 Å². The lowest BCUT2D eigenvalue weighted by atomic mass is 10.1. The Morgan fingerprint density at radius 1 is 1.00 bits per heavy atom. The quantitative estimate of drug-likeness (QED) is 0.409. The van der Waals surface area contributed by atoms with Crippen molar-refractivity contribution in [1.29, 1.82) is 0 Å². The number of nitrogens with zero attached hydrogens (tertiary/aromatic N) is 3. The zero-order chi connectivity index (χ0) is 20.3. The van der Waals surface area contributed by atoms with Crippen molar-refractivity contribution in [2.45, 2.75) is 11.3 Å². The van der Waals surface area contributed by atoms with Crippen molar-refractivity contribution in [3.05, 3.63) is 75.8 Å². The zero-order valence-corrected chi connectivity index (χ0v) is 17.9. The number of hydrogen-bond donors (Lipinski definition) is 2. The fraction of sp³-hybridized carbons (Fsp3) is 0.0556. The number of anilines is 3. The molecule has 148 valence electrons. The van der Waals surface area contributed by atoms with Crippen molar-refractivity contribution in [1.82, 2.24) is 15.0 Å². The largest absolute Gasteiger partial charge is 0.316 e. The van der Waals surface area contributed by atoms with Crippen LogP contribution < -0.4 is 10.0 Å². The molecule has 3 aromatic heterocycles. The van der Waals surface area contributed by atoms with Crippen molar-refractivity contribution in [2.24, 2.45) is 0 Å². The lowest BCUT2D eigenvalue weighted by molar-refractivity contribution is 0.601. The average Bonchev–Trinajstić information content (AvgIpc) is 3.36. The Morgan fingerprint density at radius 2 is 1.83 bits per heavy atom. The first-order valence-corrected chi connectivity index (χ1v) is 11.9. The molecule has 1 aromatic carbocycles. The second-order valence-corrected chi connectivity index (χ2v) is 9.77. The molecule has 29 heavy (non-hydrogen) atoms. The molecule has 0 radical (unpaired) electrons. The third kappa shape index (κ3) is 5.10. The van der Waals surface area contributed by atoms with E-state index in [2.05, 4.69) is 25.0 Å². The molecule has 0 saturated carbocycles. The van der Waals surface area contributed by atoms with Crippen molar-refractivity contribution in [3.63, 3.8) is 0 Å². The molecule has 0 bridgehead atoms. The second kappa shape index (κ2) is 8.46. The zero-order valence-electron chi connectivity index (χ0n) is 14.7.